The van der Waals surface area contributed by atoms with Crippen LogP contribution in [0.4, 0.5) is 12.3 Å². The summed E-state index contributed by atoms with van der Waals surface area (Å²) in [5.41, 5.74) is 0. The first kappa shape index (κ1) is 15.6. The second kappa shape index (κ2) is 6.35. The Morgan fingerprint density at radius 3 is 2.20 bits per heavy atom. The van der Waals surface area contributed by atoms with Crippen LogP contribution in [0.3, 0.4) is 0 Å². The Morgan fingerprint density at radius 2 is 1.80 bits per heavy atom. The van der Waals surface area contributed by atoms with Crippen LogP contribution in [-0.2, 0) is 8.23 Å². The molecule has 0 N–H and O–H groups in total. The lowest BCUT2D eigenvalue weighted by Crippen LogP contribution is -2.48. The lowest BCUT2D eigenvalue weighted by Gasteiger charge is -2.23. The monoisotopic (exact) mass is 292 g/mol. The van der Waals surface area contributed by atoms with E-state index in [4.69, 9.17) is 4.12 Å². The minimum absolute atomic E-state index is 0.142. The van der Waals surface area contributed by atoms with Crippen molar-refractivity contribution in [3.8, 4) is 0 Å². The molecule has 0 bridgehead atoms. The number of hydrogen-bond donors (Lipinski definition) is 0. The lowest BCUT2D eigenvalue weighted by molar-refractivity contribution is 0.355. The summed E-state index contributed by atoms with van der Waals surface area (Å²) in [5, 5.41) is 0. The van der Waals surface area contributed by atoms with Gasteiger partial charge in [0.15, 0.2) is 9.04 Å². The molecule has 0 radical (unpaired) electrons. The molecule has 9 heteroatoms. The maximum absolute atomic E-state index is 13.6. The highest BCUT2D eigenvalue weighted by Crippen LogP contribution is 2.22. The van der Waals surface area contributed by atoms with Crippen LogP contribution in [0.25, 0.3) is 0 Å². The maximum atomic E-state index is 13.6. The highest BCUT2D eigenvalue weighted by Gasteiger charge is 2.47. The van der Waals surface area contributed by atoms with Gasteiger partial charge in [-0.25, -0.2) is 8.22 Å². The van der Waals surface area contributed by atoms with E-state index in [2.05, 4.69) is 4.12 Å². The first-order chi connectivity index (χ1) is 6.68. The Morgan fingerprint density at radius 1 is 1.27 bits per heavy atom. The van der Waals surface area contributed by atoms with Gasteiger partial charge in [-0.15, -0.1) is 0 Å². The first-order valence-electron chi connectivity index (χ1n) is 5.07. The molecule has 0 aromatic heterocycles. The molecule has 0 aromatic carbocycles. The summed E-state index contributed by atoms with van der Waals surface area (Å²) in [5.74, 6) is 0. The van der Waals surface area contributed by atoms with E-state index in [1.54, 1.807) is 6.92 Å². The van der Waals surface area contributed by atoms with Crippen LogP contribution >= 0.6 is 0 Å². The topological polar surface area (TPSA) is 18.5 Å². The number of hydrogen-bond acceptors (Lipinski definition) is 2. The molecule has 0 fully saturated rings. The smallest absolute Gasteiger partial charge is 0.459 e. The zero-order valence-corrected chi connectivity index (χ0v) is 14.2. The van der Waals surface area contributed by atoms with E-state index < -0.39 is 35.5 Å². The molecule has 15 heavy (non-hydrogen) atoms. The molecule has 0 saturated carbocycles. The van der Waals surface area contributed by atoms with Crippen molar-refractivity contribution in [1.82, 2.24) is 0 Å². The van der Waals surface area contributed by atoms with Gasteiger partial charge in [-0.05, 0) is 25.7 Å². The highest BCUT2D eigenvalue weighted by molar-refractivity contribution is 7.14. The standard InChI is InChI=1S/C6H19F3O2Si4/c1-5-6-14(4,7)11-15(8,9)12-10-13(2)3/h13H,5-6,12H2,1-4H3. The summed E-state index contributed by atoms with van der Waals surface area (Å²) in [4.78, 5) is 0. The molecule has 0 rings (SSSR count). The summed E-state index contributed by atoms with van der Waals surface area (Å²) in [6.45, 7) is 6.63. The molecule has 0 aromatic rings. The van der Waals surface area contributed by atoms with Crippen molar-refractivity contribution in [2.75, 3.05) is 0 Å². The average Bonchev–Trinajstić information content (AvgIpc) is 1.98. The minimum Gasteiger partial charge on any atom is -0.459 e. The van der Waals surface area contributed by atoms with E-state index in [0.717, 1.165) is 0 Å². The predicted molar refractivity (Wildman–Crippen MR) is 65.4 cm³/mol. The van der Waals surface area contributed by atoms with Gasteiger partial charge in [-0.3, -0.25) is 4.11 Å². The molecule has 0 aliphatic carbocycles. The zero-order chi connectivity index (χ0) is 12.1. The number of halogens is 3. The van der Waals surface area contributed by atoms with E-state index in [1.807, 2.05) is 13.1 Å². The molecule has 0 heterocycles. The van der Waals surface area contributed by atoms with Gasteiger partial charge in [-0.2, -0.15) is 0 Å². The van der Waals surface area contributed by atoms with Crippen LogP contribution < -0.4 is 0 Å². The first-order valence-corrected chi connectivity index (χ1v) is 14.9. The van der Waals surface area contributed by atoms with E-state index in [1.165, 1.54) is 6.55 Å². The molecule has 0 spiro atoms. The van der Waals surface area contributed by atoms with Crippen molar-refractivity contribution in [1.29, 1.82) is 0 Å². The molecular weight excluding hydrogens is 273 g/mol. The van der Waals surface area contributed by atoms with Gasteiger partial charge in [-0.1, -0.05) is 13.3 Å². The molecule has 92 valence electrons. The van der Waals surface area contributed by atoms with Crippen LogP contribution in [0.2, 0.25) is 25.7 Å². The van der Waals surface area contributed by atoms with Crippen LogP contribution in [0, 0.1) is 0 Å². The fourth-order valence-corrected chi connectivity index (χ4v) is 15.2. The van der Waals surface area contributed by atoms with Gasteiger partial charge in [0, 0.05) is 0 Å². The normalized spacial score (nSPS) is 17.6. The minimum atomic E-state index is -4.80. The van der Waals surface area contributed by atoms with Crippen LogP contribution in [0.5, 0.6) is 0 Å². The van der Waals surface area contributed by atoms with Crippen LogP contribution in [0.1, 0.15) is 13.3 Å². The molecule has 0 aliphatic heterocycles. The average molecular weight is 293 g/mol. The fourth-order valence-electron chi connectivity index (χ4n) is 1.10. The Bertz CT molecular complexity index is 191. The lowest BCUT2D eigenvalue weighted by atomic mass is 10.6. The SMILES string of the molecule is CCC[Si](C)(F)O[Si](F)(F)[SiH2]O[SiH](C)C. The Balaban J connectivity index is 4.11. The van der Waals surface area contributed by atoms with Crippen molar-refractivity contribution >= 4 is 35.5 Å². The van der Waals surface area contributed by atoms with Crippen LogP contribution in [-0.4, -0.2) is 35.5 Å². The van der Waals surface area contributed by atoms with Crippen molar-refractivity contribution in [3.05, 3.63) is 0 Å². The van der Waals surface area contributed by atoms with Gasteiger partial charge in [0.2, 0.25) is 9.28 Å². The molecular formula is C6H19F3O2Si4. The van der Waals surface area contributed by atoms with Gasteiger partial charge in [0.1, 0.15) is 0 Å². The Labute approximate surface area is 95.4 Å². The van der Waals surface area contributed by atoms with Crippen molar-refractivity contribution < 1.29 is 20.6 Å². The second-order valence-corrected chi connectivity index (χ2v) is 15.8. The maximum Gasteiger partial charge on any atom is 0.560 e. The summed E-state index contributed by atoms with van der Waals surface area (Å²) in [6.07, 6.45) is 0.547. The molecule has 2 nitrogen and oxygen atoms in total. The Kier molecular flexibility index (Phi) is 6.59. The number of rotatable bonds is 7. The van der Waals surface area contributed by atoms with Crippen molar-refractivity contribution in [2.45, 2.75) is 39.0 Å². The fraction of sp³-hybridized carbons (Fsp3) is 1.00. The third-order valence-corrected chi connectivity index (χ3v) is 13.4. The molecule has 1 atom stereocenters. The summed E-state index contributed by atoms with van der Waals surface area (Å²) in [7, 11) is -11.8. The van der Waals surface area contributed by atoms with Gasteiger partial charge >= 0.3 is 17.2 Å². The van der Waals surface area contributed by atoms with Crippen molar-refractivity contribution in [2.24, 2.45) is 0 Å². The second-order valence-electron chi connectivity index (χ2n) is 3.95. The van der Waals surface area contributed by atoms with E-state index >= 15 is 0 Å². The van der Waals surface area contributed by atoms with E-state index in [-0.39, 0.29) is 6.04 Å². The predicted octanol–water partition coefficient (Wildman–Crippen LogP) is 1.91. The third-order valence-electron chi connectivity index (χ3n) is 1.64. The zero-order valence-electron chi connectivity index (χ0n) is 9.65. The molecule has 0 amide bonds. The molecule has 0 saturated heterocycles. The van der Waals surface area contributed by atoms with E-state index in [9.17, 15) is 12.3 Å². The molecule has 1 unspecified atom stereocenters. The third kappa shape index (κ3) is 8.39. The van der Waals surface area contributed by atoms with Crippen LogP contribution in [0.15, 0.2) is 0 Å². The highest BCUT2D eigenvalue weighted by atomic mass is 29.3. The van der Waals surface area contributed by atoms with Crippen molar-refractivity contribution in [3.63, 3.8) is 0 Å². The summed E-state index contributed by atoms with van der Waals surface area (Å²) in [6, 6.07) is 0.142. The summed E-state index contributed by atoms with van der Waals surface area (Å²) < 4.78 is 49.6. The van der Waals surface area contributed by atoms with Gasteiger partial charge in [0.05, 0.1) is 0 Å². The van der Waals surface area contributed by atoms with Gasteiger partial charge < -0.3 is 8.23 Å². The molecule has 0 aliphatic rings. The quantitative estimate of drug-likeness (QED) is 0.527. The summed E-state index contributed by atoms with van der Waals surface area (Å²) >= 11 is 0. The van der Waals surface area contributed by atoms with E-state index in [0.29, 0.717) is 6.42 Å². The largest absolute Gasteiger partial charge is 0.560 e. The Hall–Kier alpha value is 0.578. The van der Waals surface area contributed by atoms with Gasteiger partial charge in [0.25, 0.3) is 0 Å².